The molecule has 0 saturated heterocycles. The van der Waals surface area contributed by atoms with Crippen LogP contribution in [0.3, 0.4) is 0 Å². The molecule has 2 heteroatoms. The Morgan fingerprint density at radius 2 is 1.75 bits per heavy atom. The van der Waals surface area contributed by atoms with Gasteiger partial charge in [0.05, 0.1) is 0 Å². The molecule has 0 heterocycles. The molecule has 1 N–H and O–H groups in total. The van der Waals surface area contributed by atoms with Crippen LogP contribution in [0.4, 0.5) is 0 Å². The van der Waals surface area contributed by atoms with E-state index < -0.39 is 0 Å². The molecule has 2 unspecified atom stereocenters. The van der Waals surface area contributed by atoms with Crippen molar-refractivity contribution in [2.24, 2.45) is 23.7 Å². The Balaban J connectivity index is 1.90. The van der Waals surface area contributed by atoms with Crippen molar-refractivity contribution < 1.29 is 4.79 Å². The first-order valence-corrected chi connectivity index (χ1v) is 6.88. The van der Waals surface area contributed by atoms with Crippen molar-refractivity contribution in [2.75, 3.05) is 0 Å². The highest BCUT2D eigenvalue weighted by Gasteiger charge is 2.38. The van der Waals surface area contributed by atoms with Crippen LogP contribution in [0.5, 0.6) is 0 Å². The molecule has 2 bridgehead atoms. The van der Waals surface area contributed by atoms with Crippen molar-refractivity contribution in [3.05, 3.63) is 0 Å². The molecule has 2 nitrogen and oxygen atoms in total. The summed E-state index contributed by atoms with van der Waals surface area (Å²) >= 11 is 0. The van der Waals surface area contributed by atoms with Gasteiger partial charge >= 0.3 is 0 Å². The highest BCUT2D eigenvalue weighted by Crippen LogP contribution is 2.46. The van der Waals surface area contributed by atoms with Crippen molar-refractivity contribution in [3.63, 3.8) is 0 Å². The standard InChI is InChI=1S/C14H25NO/c1-9(2)14(16)15-10(3)13-8-11-4-6-12(13)7-5-11/h9-13H,4-8H2,1-3H3,(H,15,16). The van der Waals surface area contributed by atoms with Crippen LogP contribution in [-0.2, 0) is 4.79 Å². The molecule has 1 amide bonds. The predicted molar refractivity (Wildman–Crippen MR) is 66.0 cm³/mol. The molecule has 0 aromatic rings. The van der Waals surface area contributed by atoms with Gasteiger partial charge < -0.3 is 5.32 Å². The normalized spacial score (nSPS) is 35.1. The summed E-state index contributed by atoms with van der Waals surface area (Å²) in [7, 11) is 0. The fraction of sp³-hybridized carbons (Fsp3) is 0.929. The minimum atomic E-state index is 0.114. The van der Waals surface area contributed by atoms with Crippen LogP contribution in [0.15, 0.2) is 0 Å². The molecule has 0 aromatic heterocycles. The van der Waals surface area contributed by atoms with Crippen LogP contribution in [0, 0.1) is 23.7 Å². The number of hydrogen-bond acceptors (Lipinski definition) is 1. The van der Waals surface area contributed by atoms with Gasteiger partial charge in [-0.25, -0.2) is 0 Å². The number of fused-ring (bicyclic) bond motifs is 3. The number of carbonyl (C=O) groups excluding carboxylic acids is 1. The van der Waals surface area contributed by atoms with E-state index in [0.717, 1.165) is 17.8 Å². The summed E-state index contributed by atoms with van der Waals surface area (Å²) in [5.74, 6) is 2.91. The number of hydrogen-bond donors (Lipinski definition) is 1. The van der Waals surface area contributed by atoms with Crippen molar-refractivity contribution >= 4 is 5.91 Å². The van der Waals surface area contributed by atoms with Gasteiger partial charge in [0.2, 0.25) is 5.91 Å². The zero-order valence-corrected chi connectivity index (χ0v) is 10.8. The first-order chi connectivity index (χ1) is 7.58. The van der Waals surface area contributed by atoms with Gasteiger partial charge in [-0.05, 0) is 43.9 Å². The second-order valence-corrected chi connectivity index (χ2v) is 6.13. The average molecular weight is 223 g/mol. The molecule has 0 radical (unpaired) electrons. The summed E-state index contributed by atoms with van der Waals surface area (Å²) < 4.78 is 0. The van der Waals surface area contributed by atoms with E-state index in [1.807, 2.05) is 13.8 Å². The number of amides is 1. The summed E-state index contributed by atoms with van der Waals surface area (Å²) in [4.78, 5) is 11.7. The number of carbonyl (C=O) groups is 1. The van der Waals surface area contributed by atoms with Gasteiger partial charge in [-0.2, -0.15) is 0 Å². The zero-order valence-electron chi connectivity index (χ0n) is 10.8. The van der Waals surface area contributed by atoms with Crippen LogP contribution in [0.25, 0.3) is 0 Å². The van der Waals surface area contributed by atoms with Crippen LogP contribution >= 0.6 is 0 Å². The average Bonchev–Trinajstić information content (AvgIpc) is 2.30. The topological polar surface area (TPSA) is 29.1 Å². The smallest absolute Gasteiger partial charge is 0.222 e. The number of rotatable bonds is 3. The van der Waals surface area contributed by atoms with Gasteiger partial charge in [0.15, 0.2) is 0 Å². The van der Waals surface area contributed by atoms with Gasteiger partial charge in [-0.1, -0.05) is 26.7 Å². The Labute approximate surface area is 99.2 Å². The lowest BCUT2D eigenvalue weighted by molar-refractivity contribution is -0.125. The molecule has 3 fully saturated rings. The quantitative estimate of drug-likeness (QED) is 0.783. The molecule has 0 aliphatic heterocycles. The SMILES string of the molecule is CC(C)C(=O)NC(C)C1CC2CCC1CC2. The van der Waals surface area contributed by atoms with Crippen LogP contribution in [0.2, 0.25) is 0 Å². The third kappa shape index (κ3) is 2.41. The predicted octanol–water partition coefficient (Wildman–Crippen LogP) is 2.97. The fourth-order valence-electron chi connectivity index (χ4n) is 3.54. The van der Waals surface area contributed by atoms with Gasteiger partial charge in [-0.15, -0.1) is 0 Å². The van der Waals surface area contributed by atoms with E-state index in [4.69, 9.17) is 0 Å². The van der Waals surface area contributed by atoms with Crippen LogP contribution in [-0.4, -0.2) is 11.9 Å². The Morgan fingerprint density at radius 3 is 2.19 bits per heavy atom. The largest absolute Gasteiger partial charge is 0.353 e. The molecule has 3 saturated carbocycles. The molecule has 0 spiro atoms. The number of nitrogens with one attached hydrogen (secondary N) is 1. The second kappa shape index (κ2) is 4.77. The lowest BCUT2D eigenvalue weighted by Crippen LogP contribution is -2.46. The summed E-state index contributed by atoms with van der Waals surface area (Å²) in [6, 6.07) is 0.378. The van der Waals surface area contributed by atoms with E-state index in [-0.39, 0.29) is 11.8 Å². The molecular weight excluding hydrogens is 198 g/mol. The van der Waals surface area contributed by atoms with E-state index in [2.05, 4.69) is 12.2 Å². The molecular formula is C14H25NO. The van der Waals surface area contributed by atoms with E-state index in [1.165, 1.54) is 32.1 Å². The first kappa shape index (κ1) is 11.9. The van der Waals surface area contributed by atoms with E-state index in [1.54, 1.807) is 0 Å². The molecule has 3 rings (SSSR count). The maximum absolute atomic E-state index is 11.7. The van der Waals surface area contributed by atoms with Gasteiger partial charge in [0.1, 0.15) is 0 Å². The van der Waals surface area contributed by atoms with Crippen molar-refractivity contribution in [1.82, 2.24) is 5.32 Å². The molecule has 3 aliphatic rings. The summed E-state index contributed by atoms with van der Waals surface area (Å²) in [5.41, 5.74) is 0. The summed E-state index contributed by atoms with van der Waals surface area (Å²) in [5, 5.41) is 3.19. The molecule has 16 heavy (non-hydrogen) atoms. The first-order valence-electron chi connectivity index (χ1n) is 6.88. The summed E-state index contributed by atoms with van der Waals surface area (Å²) in [6.45, 7) is 6.13. The fourth-order valence-corrected chi connectivity index (χ4v) is 3.54. The van der Waals surface area contributed by atoms with Crippen molar-refractivity contribution in [3.8, 4) is 0 Å². The minimum absolute atomic E-state index is 0.114. The Bertz CT molecular complexity index is 253. The third-order valence-electron chi connectivity index (χ3n) is 4.64. The van der Waals surface area contributed by atoms with Gasteiger partial charge in [-0.3, -0.25) is 4.79 Å². The Morgan fingerprint density at radius 1 is 1.12 bits per heavy atom. The van der Waals surface area contributed by atoms with Gasteiger partial charge in [0.25, 0.3) is 0 Å². The Kier molecular flexibility index (Phi) is 3.56. The highest BCUT2D eigenvalue weighted by atomic mass is 16.1. The van der Waals surface area contributed by atoms with Crippen LogP contribution < -0.4 is 5.32 Å². The van der Waals surface area contributed by atoms with E-state index in [9.17, 15) is 4.79 Å². The van der Waals surface area contributed by atoms with Gasteiger partial charge in [0, 0.05) is 12.0 Å². The third-order valence-corrected chi connectivity index (χ3v) is 4.64. The highest BCUT2D eigenvalue weighted by molar-refractivity contribution is 5.78. The molecule has 0 aromatic carbocycles. The van der Waals surface area contributed by atoms with E-state index in [0.29, 0.717) is 6.04 Å². The monoisotopic (exact) mass is 223 g/mol. The van der Waals surface area contributed by atoms with Crippen molar-refractivity contribution in [2.45, 2.75) is 58.9 Å². The maximum atomic E-state index is 11.7. The zero-order chi connectivity index (χ0) is 11.7. The minimum Gasteiger partial charge on any atom is -0.353 e. The Hall–Kier alpha value is -0.530. The second-order valence-electron chi connectivity index (χ2n) is 6.13. The van der Waals surface area contributed by atoms with E-state index >= 15 is 0 Å². The molecule has 2 atom stereocenters. The van der Waals surface area contributed by atoms with Crippen LogP contribution in [0.1, 0.15) is 52.9 Å². The molecule has 3 aliphatic carbocycles. The lowest BCUT2D eigenvalue weighted by atomic mass is 9.63. The maximum Gasteiger partial charge on any atom is 0.222 e. The lowest BCUT2D eigenvalue weighted by Gasteiger charge is -2.45. The summed E-state index contributed by atoms with van der Waals surface area (Å²) in [6.07, 6.45) is 7.02. The molecule has 92 valence electrons. The van der Waals surface area contributed by atoms with Crippen molar-refractivity contribution in [1.29, 1.82) is 0 Å².